The summed E-state index contributed by atoms with van der Waals surface area (Å²) in [4.78, 5) is 37.5. The van der Waals surface area contributed by atoms with E-state index < -0.39 is 5.82 Å². The Bertz CT molecular complexity index is 1480. The Morgan fingerprint density at radius 3 is 2.53 bits per heavy atom. The van der Waals surface area contributed by atoms with Gasteiger partial charge in [-0.2, -0.15) is 4.98 Å². The third kappa shape index (κ3) is 6.26. The molecule has 0 saturated carbocycles. The molecular formula is C27H24FN7O3. The maximum atomic E-state index is 14.5. The van der Waals surface area contributed by atoms with Gasteiger partial charge in [-0.25, -0.2) is 9.37 Å². The molecule has 0 spiro atoms. The lowest BCUT2D eigenvalue weighted by atomic mass is 10.2. The van der Waals surface area contributed by atoms with Crippen molar-refractivity contribution in [3.63, 3.8) is 0 Å². The van der Waals surface area contributed by atoms with Crippen LogP contribution in [0.4, 0.5) is 33.2 Å². The molecule has 4 rings (SSSR count). The van der Waals surface area contributed by atoms with Crippen molar-refractivity contribution in [2.45, 2.75) is 0 Å². The first-order chi connectivity index (χ1) is 18.4. The lowest BCUT2D eigenvalue weighted by molar-refractivity contribution is -0.111. The minimum Gasteiger partial charge on any atom is -0.457 e. The first-order valence-corrected chi connectivity index (χ1v) is 11.4. The highest BCUT2D eigenvalue weighted by Gasteiger charge is 2.13. The van der Waals surface area contributed by atoms with Crippen LogP contribution < -0.4 is 25.6 Å². The van der Waals surface area contributed by atoms with Gasteiger partial charge >= 0.3 is 0 Å². The number of amides is 2. The van der Waals surface area contributed by atoms with E-state index >= 15 is 0 Å². The third-order valence-electron chi connectivity index (χ3n) is 5.26. The zero-order valence-corrected chi connectivity index (χ0v) is 20.6. The second-order valence-electron chi connectivity index (χ2n) is 7.88. The third-order valence-corrected chi connectivity index (χ3v) is 5.26. The minimum atomic E-state index is -0.639. The van der Waals surface area contributed by atoms with Crippen molar-refractivity contribution >= 4 is 40.6 Å². The first kappa shape index (κ1) is 25.8. The minimum absolute atomic E-state index is 0.0291. The first-order valence-electron chi connectivity index (χ1n) is 11.4. The average molecular weight is 514 g/mol. The van der Waals surface area contributed by atoms with Gasteiger partial charge in [0.2, 0.25) is 11.9 Å². The van der Waals surface area contributed by atoms with Crippen LogP contribution in [0.1, 0.15) is 10.5 Å². The van der Waals surface area contributed by atoms with E-state index in [1.165, 1.54) is 13.2 Å². The van der Waals surface area contributed by atoms with Crippen LogP contribution in [0, 0.1) is 5.82 Å². The van der Waals surface area contributed by atoms with Gasteiger partial charge in [0.15, 0.2) is 11.6 Å². The summed E-state index contributed by atoms with van der Waals surface area (Å²) in [5, 5.41) is 8.09. The van der Waals surface area contributed by atoms with Crippen LogP contribution in [0.25, 0.3) is 0 Å². The molecule has 192 valence electrons. The van der Waals surface area contributed by atoms with Gasteiger partial charge in [0.25, 0.3) is 5.91 Å². The second kappa shape index (κ2) is 11.6. The molecule has 0 aliphatic carbocycles. The van der Waals surface area contributed by atoms with Crippen molar-refractivity contribution in [3.05, 3.63) is 97.2 Å². The van der Waals surface area contributed by atoms with Crippen LogP contribution in [0.2, 0.25) is 0 Å². The Morgan fingerprint density at radius 2 is 1.79 bits per heavy atom. The van der Waals surface area contributed by atoms with Gasteiger partial charge < -0.3 is 25.6 Å². The van der Waals surface area contributed by atoms with Crippen molar-refractivity contribution in [1.29, 1.82) is 0 Å². The number of rotatable bonds is 9. The highest BCUT2D eigenvalue weighted by molar-refractivity contribution is 5.99. The summed E-state index contributed by atoms with van der Waals surface area (Å²) in [7, 11) is 3.28. The smallest absolute Gasteiger partial charge is 0.269 e. The maximum absolute atomic E-state index is 14.5. The van der Waals surface area contributed by atoms with Gasteiger partial charge in [-0.1, -0.05) is 12.6 Å². The van der Waals surface area contributed by atoms with E-state index in [9.17, 15) is 14.0 Å². The molecule has 0 aliphatic heterocycles. The summed E-state index contributed by atoms with van der Waals surface area (Å²) in [5.41, 5.74) is 2.01. The van der Waals surface area contributed by atoms with Crippen molar-refractivity contribution in [2.75, 3.05) is 29.6 Å². The van der Waals surface area contributed by atoms with Gasteiger partial charge in [-0.3, -0.25) is 14.6 Å². The molecule has 0 aliphatic rings. The van der Waals surface area contributed by atoms with Crippen molar-refractivity contribution < 1.29 is 18.7 Å². The Kier molecular flexibility index (Phi) is 7.87. The molecule has 2 amide bonds. The van der Waals surface area contributed by atoms with Crippen LogP contribution >= 0.6 is 0 Å². The SMILES string of the molecule is C=CC(=O)Nc1cccc(Nc2nc(N(C)c3ccc(Oc4ccnc(C(=O)NC)c4)cc3)ncc2F)c1. The van der Waals surface area contributed by atoms with E-state index in [1.54, 1.807) is 72.6 Å². The highest BCUT2D eigenvalue weighted by Crippen LogP contribution is 2.28. The molecule has 2 aromatic carbocycles. The highest BCUT2D eigenvalue weighted by atomic mass is 19.1. The monoisotopic (exact) mass is 513 g/mol. The van der Waals surface area contributed by atoms with Gasteiger partial charge in [0.05, 0.1) is 6.20 Å². The number of carbonyl (C=O) groups excluding carboxylic acids is 2. The van der Waals surface area contributed by atoms with E-state index in [2.05, 4.69) is 37.5 Å². The summed E-state index contributed by atoms with van der Waals surface area (Å²) < 4.78 is 20.3. The molecule has 38 heavy (non-hydrogen) atoms. The largest absolute Gasteiger partial charge is 0.457 e. The molecule has 0 bridgehead atoms. The fourth-order valence-electron chi connectivity index (χ4n) is 3.33. The van der Waals surface area contributed by atoms with Gasteiger partial charge in [0.1, 0.15) is 17.2 Å². The Labute approximate surface area is 218 Å². The molecule has 4 aromatic rings. The Hall–Kier alpha value is -5.32. The second-order valence-corrected chi connectivity index (χ2v) is 7.88. The number of anilines is 5. The number of hydrogen-bond donors (Lipinski definition) is 3. The number of hydrogen-bond acceptors (Lipinski definition) is 8. The van der Waals surface area contributed by atoms with E-state index in [0.717, 1.165) is 18.0 Å². The number of aromatic nitrogens is 3. The summed E-state index contributed by atoms with van der Waals surface area (Å²) in [5.74, 6) is -0.0770. The molecule has 2 aromatic heterocycles. The van der Waals surface area contributed by atoms with Crippen LogP contribution in [0.5, 0.6) is 11.5 Å². The standard InChI is InChI=1S/C27H24FN7O3/c1-4-24(36)32-17-6-5-7-18(14-17)33-25-22(28)16-31-27(34-25)35(3)19-8-10-20(11-9-19)38-21-12-13-30-23(15-21)26(37)29-2/h4-16H,1H2,2-3H3,(H,29,37)(H,32,36)(H,31,33,34). The molecule has 0 unspecified atom stereocenters. The molecule has 2 heterocycles. The Balaban J connectivity index is 1.48. The number of halogens is 1. The van der Waals surface area contributed by atoms with Crippen LogP contribution in [-0.2, 0) is 4.79 Å². The van der Waals surface area contributed by atoms with Crippen molar-refractivity contribution in [3.8, 4) is 11.5 Å². The van der Waals surface area contributed by atoms with Crippen molar-refractivity contribution in [2.24, 2.45) is 0 Å². The fraction of sp³-hybridized carbons (Fsp3) is 0.0741. The van der Waals surface area contributed by atoms with E-state index in [4.69, 9.17) is 4.74 Å². The molecule has 0 atom stereocenters. The van der Waals surface area contributed by atoms with Crippen LogP contribution in [-0.4, -0.2) is 40.9 Å². The van der Waals surface area contributed by atoms with Gasteiger partial charge in [0, 0.05) is 43.4 Å². The predicted octanol–water partition coefficient (Wildman–Crippen LogP) is 4.80. The number of ether oxygens (including phenoxy) is 1. The van der Waals surface area contributed by atoms with E-state index in [1.807, 2.05) is 0 Å². The van der Waals surface area contributed by atoms with Crippen molar-refractivity contribution in [1.82, 2.24) is 20.3 Å². The number of nitrogens with zero attached hydrogens (tertiary/aromatic N) is 4. The summed E-state index contributed by atoms with van der Waals surface area (Å²) in [6.45, 7) is 3.42. The molecule has 0 fully saturated rings. The molecule has 0 radical (unpaired) electrons. The predicted molar refractivity (Wildman–Crippen MR) is 143 cm³/mol. The molecular weight excluding hydrogens is 489 g/mol. The fourth-order valence-corrected chi connectivity index (χ4v) is 3.33. The molecule has 0 saturated heterocycles. The summed E-state index contributed by atoms with van der Waals surface area (Å²) >= 11 is 0. The number of nitrogens with one attached hydrogen (secondary N) is 3. The van der Waals surface area contributed by atoms with E-state index in [0.29, 0.717) is 22.9 Å². The van der Waals surface area contributed by atoms with Crippen LogP contribution in [0.15, 0.2) is 85.7 Å². The van der Waals surface area contributed by atoms with Gasteiger partial charge in [-0.15, -0.1) is 0 Å². The summed E-state index contributed by atoms with van der Waals surface area (Å²) in [6.07, 6.45) is 3.73. The van der Waals surface area contributed by atoms with E-state index in [-0.39, 0.29) is 29.3 Å². The average Bonchev–Trinajstić information content (AvgIpc) is 2.94. The normalized spacial score (nSPS) is 10.3. The maximum Gasteiger partial charge on any atom is 0.269 e. The number of carbonyl (C=O) groups is 2. The topological polar surface area (TPSA) is 121 Å². The van der Waals surface area contributed by atoms with Crippen LogP contribution in [0.3, 0.4) is 0 Å². The zero-order valence-electron chi connectivity index (χ0n) is 20.6. The molecule has 11 heteroatoms. The molecule has 10 nitrogen and oxygen atoms in total. The number of benzene rings is 2. The number of pyridine rings is 1. The Morgan fingerprint density at radius 1 is 1.03 bits per heavy atom. The lowest BCUT2D eigenvalue weighted by Crippen LogP contribution is -2.18. The van der Waals surface area contributed by atoms with Gasteiger partial charge in [-0.05, 0) is 54.6 Å². The summed E-state index contributed by atoms with van der Waals surface area (Å²) in [6, 6.07) is 17.0. The quantitative estimate of drug-likeness (QED) is 0.273. The zero-order chi connectivity index (χ0) is 27.1. The molecule has 3 N–H and O–H groups in total. The lowest BCUT2D eigenvalue weighted by Gasteiger charge is -2.19.